The maximum atomic E-state index is 14.1. The van der Waals surface area contributed by atoms with Gasteiger partial charge in [-0.05, 0) is 74.3 Å². The largest absolute Gasteiger partial charge is 0.486 e. The summed E-state index contributed by atoms with van der Waals surface area (Å²) in [5.74, 6) is -1.49. The summed E-state index contributed by atoms with van der Waals surface area (Å²) in [4.78, 5) is 27.9. The van der Waals surface area contributed by atoms with Gasteiger partial charge in [0, 0.05) is 5.56 Å². The Morgan fingerprint density at radius 2 is 1.59 bits per heavy atom. The molecule has 0 aliphatic carbocycles. The third kappa shape index (κ3) is 5.41. The highest BCUT2D eigenvalue weighted by molar-refractivity contribution is 7.80. The normalized spacial score (nSPS) is 18.6. The zero-order valence-electron chi connectivity index (χ0n) is 21.5. The highest BCUT2D eigenvalue weighted by atomic mass is 32.1. The topological polar surface area (TPSA) is 64.6 Å². The van der Waals surface area contributed by atoms with Gasteiger partial charge >= 0.3 is 12.1 Å². The first-order valence-corrected chi connectivity index (χ1v) is 12.9. The van der Waals surface area contributed by atoms with Gasteiger partial charge in [-0.3, -0.25) is 4.79 Å². The number of aryl methyl sites for hydroxylation is 1. The van der Waals surface area contributed by atoms with E-state index in [1.54, 1.807) is 19.1 Å². The molecular formula is C30H28F3NO4S. The minimum Gasteiger partial charge on any atom is -0.486 e. The van der Waals surface area contributed by atoms with E-state index >= 15 is 0 Å². The molecule has 1 aliphatic rings. The molecule has 0 spiro atoms. The molecule has 1 fully saturated rings. The Morgan fingerprint density at radius 3 is 2.13 bits per heavy atom. The number of hydrogen-bond acceptors (Lipinski definition) is 5. The molecule has 0 saturated carbocycles. The molecule has 1 aliphatic heterocycles. The van der Waals surface area contributed by atoms with Crippen LogP contribution in [0, 0.1) is 12.3 Å². The van der Waals surface area contributed by atoms with Crippen LogP contribution in [0.1, 0.15) is 46.0 Å². The zero-order chi connectivity index (χ0) is 28.3. The summed E-state index contributed by atoms with van der Waals surface area (Å²) in [5, 5.41) is 3.04. The van der Waals surface area contributed by atoms with Gasteiger partial charge in [-0.1, -0.05) is 60.2 Å². The van der Waals surface area contributed by atoms with E-state index < -0.39 is 34.6 Å². The number of rotatable bonds is 8. The second-order valence-electron chi connectivity index (χ2n) is 9.50. The van der Waals surface area contributed by atoms with Crippen LogP contribution in [0.2, 0.25) is 0 Å². The van der Waals surface area contributed by atoms with Gasteiger partial charge in [-0.2, -0.15) is 13.2 Å². The lowest BCUT2D eigenvalue weighted by Crippen LogP contribution is -2.65. The van der Waals surface area contributed by atoms with E-state index in [1.165, 1.54) is 0 Å². The Kier molecular flexibility index (Phi) is 8.11. The van der Waals surface area contributed by atoms with Crippen LogP contribution < -0.4 is 5.32 Å². The van der Waals surface area contributed by atoms with E-state index in [0.717, 1.165) is 35.4 Å². The predicted octanol–water partition coefficient (Wildman–Crippen LogP) is 6.18. The Bertz CT molecular complexity index is 1340. The number of amides is 1. The van der Waals surface area contributed by atoms with E-state index in [9.17, 15) is 22.8 Å². The Morgan fingerprint density at radius 1 is 0.974 bits per heavy atom. The van der Waals surface area contributed by atoms with Gasteiger partial charge in [-0.25, -0.2) is 4.79 Å². The van der Waals surface area contributed by atoms with Crippen LogP contribution in [0.15, 0.2) is 78.9 Å². The van der Waals surface area contributed by atoms with Gasteiger partial charge in [0.15, 0.2) is 10.6 Å². The zero-order valence-corrected chi connectivity index (χ0v) is 22.3. The van der Waals surface area contributed by atoms with Gasteiger partial charge in [0.1, 0.15) is 0 Å². The smallest absolute Gasteiger partial charge is 0.416 e. The van der Waals surface area contributed by atoms with E-state index in [0.29, 0.717) is 12.0 Å². The van der Waals surface area contributed by atoms with Gasteiger partial charge in [0.05, 0.1) is 24.2 Å². The third-order valence-corrected chi connectivity index (χ3v) is 7.57. The summed E-state index contributed by atoms with van der Waals surface area (Å²) in [6.45, 7) is 3.79. The third-order valence-electron chi connectivity index (χ3n) is 7.06. The number of alkyl halides is 3. The second kappa shape index (κ2) is 11.2. The number of nitrogens with one attached hydrogen (secondary N) is 1. The fraction of sp³-hybridized carbons (Fsp3) is 0.300. The van der Waals surface area contributed by atoms with Crippen LogP contribution in [0.5, 0.6) is 0 Å². The number of thiocarbonyl (C=S) groups is 1. The van der Waals surface area contributed by atoms with Crippen LogP contribution in [-0.4, -0.2) is 30.1 Å². The number of carbonyl (C=O) groups is 2. The first-order valence-electron chi connectivity index (χ1n) is 12.5. The van der Waals surface area contributed by atoms with Crippen molar-refractivity contribution in [3.63, 3.8) is 0 Å². The Hall–Kier alpha value is -3.72. The Labute approximate surface area is 230 Å². The van der Waals surface area contributed by atoms with Crippen molar-refractivity contribution in [3.05, 3.63) is 107 Å². The van der Waals surface area contributed by atoms with Crippen molar-refractivity contribution in [2.75, 3.05) is 13.2 Å². The van der Waals surface area contributed by atoms with E-state index in [-0.39, 0.29) is 30.2 Å². The molecule has 1 saturated heterocycles. The number of benzene rings is 3. The molecule has 0 radical (unpaired) electrons. The quantitative estimate of drug-likeness (QED) is 0.266. The molecular weight excluding hydrogens is 527 g/mol. The fourth-order valence-corrected chi connectivity index (χ4v) is 5.48. The summed E-state index contributed by atoms with van der Waals surface area (Å²) in [7, 11) is 0. The van der Waals surface area contributed by atoms with E-state index in [2.05, 4.69) is 5.32 Å². The molecule has 9 heteroatoms. The number of halogens is 3. The van der Waals surface area contributed by atoms with Crippen molar-refractivity contribution in [3.8, 4) is 0 Å². The van der Waals surface area contributed by atoms with Crippen molar-refractivity contribution in [2.45, 2.75) is 38.4 Å². The molecule has 204 valence electrons. The molecule has 1 amide bonds. The average molecular weight is 556 g/mol. The highest BCUT2D eigenvalue weighted by Crippen LogP contribution is 2.51. The first kappa shape index (κ1) is 28.3. The lowest BCUT2D eigenvalue weighted by Gasteiger charge is -2.46. The summed E-state index contributed by atoms with van der Waals surface area (Å²) >= 11 is 5.75. The molecule has 2 atom stereocenters. The molecule has 5 nitrogen and oxygen atoms in total. The SMILES string of the molecule is CCOC(=O)[C@@](NC(=O)c1ccc(C(F)(F)F)cc1)(c1ccc(C)cc1)[C@]1(Cc2ccccc2)CCOC1=S. The van der Waals surface area contributed by atoms with Crippen molar-refractivity contribution < 1.29 is 32.2 Å². The summed E-state index contributed by atoms with van der Waals surface area (Å²) in [6.07, 6.45) is -4.02. The van der Waals surface area contributed by atoms with Crippen LogP contribution in [0.3, 0.4) is 0 Å². The number of esters is 1. The lowest BCUT2D eigenvalue weighted by atomic mass is 9.62. The first-order chi connectivity index (χ1) is 18.5. The summed E-state index contributed by atoms with van der Waals surface area (Å²) in [5.41, 5.74) is -1.82. The van der Waals surface area contributed by atoms with Crippen LogP contribution >= 0.6 is 12.2 Å². The average Bonchev–Trinajstić information content (AvgIpc) is 3.28. The maximum absolute atomic E-state index is 14.1. The number of hydrogen-bond donors (Lipinski definition) is 1. The Balaban J connectivity index is 1.93. The highest BCUT2D eigenvalue weighted by Gasteiger charge is 2.64. The van der Waals surface area contributed by atoms with E-state index in [1.807, 2.05) is 49.4 Å². The molecule has 0 aromatic heterocycles. The predicted molar refractivity (Wildman–Crippen MR) is 144 cm³/mol. The molecule has 3 aromatic rings. The number of ether oxygens (including phenoxy) is 2. The molecule has 1 heterocycles. The monoisotopic (exact) mass is 555 g/mol. The van der Waals surface area contributed by atoms with Crippen LogP contribution in [-0.2, 0) is 32.4 Å². The van der Waals surface area contributed by atoms with Crippen molar-refractivity contribution in [1.29, 1.82) is 0 Å². The molecule has 0 bridgehead atoms. The number of carbonyl (C=O) groups excluding carboxylic acids is 2. The van der Waals surface area contributed by atoms with Gasteiger partial charge in [-0.15, -0.1) is 0 Å². The van der Waals surface area contributed by atoms with Gasteiger partial charge in [0.25, 0.3) is 5.91 Å². The van der Waals surface area contributed by atoms with Crippen molar-refractivity contribution in [1.82, 2.24) is 5.32 Å². The molecule has 0 unspecified atom stereocenters. The lowest BCUT2D eigenvalue weighted by molar-refractivity contribution is -0.156. The van der Waals surface area contributed by atoms with Gasteiger partial charge < -0.3 is 14.8 Å². The van der Waals surface area contributed by atoms with Crippen molar-refractivity contribution in [2.24, 2.45) is 5.41 Å². The van der Waals surface area contributed by atoms with E-state index in [4.69, 9.17) is 21.7 Å². The van der Waals surface area contributed by atoms with Gasteiger partial charge in [0.2, 0.25) is 0 Å². The summed E-state index contributed by atoms with van der Waals surface area (Å²) in [6, 6.07) is 20.3. The molecule has 1 N–H and O–H groups in total. The molecule has 4 rings (SSSR count). The maximum Gasteiger partial charge on any atom is 0.416 e. The fourth-order valence-electron chi connectivity index (χ4n) is 5.06. The second-order valence-corrected chi connectivity index (χ2v) is 9.87. The minimum atomic E-state index is -4.56. The molecule has 39 heavy (non-hydrogen) atoms. The minimum absolute atomic E-state index is 0.0254. The van der Waals surface area contributed by atoms with Crippen molar-refractivity contribution >= 4 is 29.1 Å². The molecule has 3 aromatic carbocycles. The standard InChI is InChI=1S/C30H28F3NO4S/c1-3-37-26(36)29(23-13-9-20(2)10-14-23,34-25(35)22-11-15-24(16-12-22)30(31,32)33)28(17-18-38-27(28)39)19-21-7-5-4-6-8-21/h4-16H,3,17-19H2,1-2H3,(H,34,35)/t28-,29-/m0/s1. The van der Waals surface area contributed by atoms with Crippen LogP contribution in [0.4, 0.5) is 13.2 Å². The summed E-state index contributed by atoms with van der Waals surface area (Å²) < 4.78 is 50.9. The van der Waals surface area contributed by atoms with Crippen LogP contribution in [0.25, 0.3) is 0 Å².